The largest absolute Gasteiger partial charge is 0.444 e. The highest BCUT2D eigenvalue weighted by molar-refractivity contribution is 5.67. The SMILES string of the molecule is C[C@H](CNC(=O)OC(C)(C)C)Cc1ccccc1. The lowest BCUT2D eigenvalue weighted by atomic mass is 10.0. The van der Waals surface area contributed by atoms with Crippen LogP contribution in [0.4, 0.5) is 4.79 Å². The molecule has 0 aliphatic carbocycles. The van der Waals surface area contributed by atoms with Crippen LogP contribution in [0.25, 0.3) is 0 Å². The summed E-state index contributed by atoms with van der Waals surface area (Å²) < 4.78 is 5.19. The van der Waals surface area contributed by atoms with Gasteiger partial charge in [0.05, 0.1) is 0 Å². The number of alkyl carbamates (subject to hydrolysis) is 1. The number of amides is 1. The molecular weight excluding hydrogens is 226 g/mol. The monoisotopic (exact) mass is 249 g/mol. The second-order valence-corrected chi connectivity index (χ2v) is 5.68. The van der Waals surface area contributed by atoms with E-state index in [9.17, 15) is 4.79 Å². The first-order valence-corrected chi connectivity index (χ1v) is 6.37. The highest BCUT2D eigenvalue weighted by Crippen LogP contribution is 2.09. The normalized spacial score (nSPS) is 12.9. The zero-order valence-corrected chi connectivity index (χ0v) is 11.7. The van der Waals surface area contributed by atoms with Crippen LogP contribution in [-0.4, -0.2) is 18.2 Å². The fraction of sp³-hybridized carbons (Fsp3) is 0.533. The second kappa shape index (κ2) is 6.43. The molecule has 1 aromatic rings. The fourth-order valence-electron chi connectivity index (χ4n) is 1.66. The van der Waals surface area contributed by atoms with Crippen molar-refractivity contribution < 1.29 is 9.53 Å². The van der Waals surface area contributed by atoms with E-state index in [4.69, 9.17) is 4.74 Å². The van der Waals surface area contributed by atoms with Crippen LogP contribution in [0.15, 0.2) is 30.3 Å². The first kappa shape index (κ1) is 14.6. The molecule has 0 saturated carbocycles. The van der Waals surface area contributed by atoms with Gasteiger partial charge in [0.25, 0.3) is 0 Å². The van der Waals surface area contributed by atoms with Crippen LogP contribution in [0, 0.1) is 5.92 Å². The van der Waals surface area contributed by atoms with Crippen molar-refractivity contribution in [3.63, 3.8) is 0 Å². The van der Waals surface area contributed by atoms with E-state index in [-0.39, 0.29) is 6.09 Å². The molecule has 0 aliphatic heterocycles. The molecule has 0 aliphatic rings. The zero-order chi connectivity index (χ0) is 13.6. The van der Waals surface area contributed by atoms with E-state index >= 15 is 0 Å². The highest BCUT2D eigenvalue weighted by Gasteiger charge is 2.16. The molecule has 100 valence electrons. The summed E-state index contributed by atoms with van der Waals surface area (Å²) in [4.78, 5) is 11.5. The Kier molecular flexibility index (Phi) is 5.20. The average Bonchev–Trinajstić information content (AvgIpc) is 2.25. The number of hydrogen-bond acceptors (Lipinski definition) is 2. The van der Waals surface area contributed by atoms with Crippen molar-refractivity contribution in [2.45, 2.75) is 39.7 Å². The molecule has 0 fully saturated rings. The van der Waals surface area contributed by atoms with Crippen LogP contribution in [0.1, 0.15) is 33.3 Å². The van der Waals surface area contributed by atoms with Crippen LogP contribution >= 0.6 is 0 Å². The minimum absolute atomic E-state index is 0.345. The molecule has 3 heteroatoms. The Balaban J connectivity index is 2.29. The molecule has 0 unspecified atom stereocenters. The van der Waals surface area contributed by atoms with Crippen molar-refractivity contribution in [2.24, 2.45) is 5.92 Å². The maximum atomic E-state index is 11.5. The number of rotatable bonds is 4. The molecule has 0 aromatic heterocycles. The maximum absolute atomic E-state index is 11.5. The van der Waals surface area contributed by atoms with Gasteiger partial charge in [0.2, 0.25) is 0 Å². The van der Waals surface area contributed by atoms with Crippen molar-refractivity contribution in [1.82, 2.24) is 5.32 Å². The third-order valence-corrected chi connectivity index (χ3v) is 2.42. The van der Waals surface area contributed by atoms with Gasteiger partial charge in [-0.3, -0.25) is 0 Å². The summed E-state index contributed by atoms with van der Waals surface area (Å²) in [5.74, 6) is 0.389. The van der Waals surface area contributed by atoms with Gasteiger partial charge < -0.3 is 10.1 Å². The third kappa shape index (κ3) is 6.28. The lowest BCUT2D eigenvalue weighted by molar-refractivity contribution is 0.0520. The molecule has 1 N–H and O–H groups in total. The van der Waals surface area contributed by atoms with E-state index in [1.54, 1.807) is 0 Å². The molecule has 1 atom stereocenters. The van der Waals surface area contributed by atoms with E-state index in [1.807, 2.05) is 39.0 Å². The van der Waals surface area contributed by atoms with Crippen molar-refractivity contribution in [2.75, 3.05) is 6.54 Å². The quantitative estimate of drug-likeness (QED) is 0.888. The van der Waals surface area contributed by atoms with E-state index in [0.717, 1.165) is 6.42 Å². The standard InChI is InChI=1S/C15H23NO2/c1-12(10-13-8-6-5-7-9-13)11-16-14(17)18-15(2,3)4/h5-9,12H,10-11H2,1-4H3,(H,16,17)/t12-/m0/s1. The molecule has 0 bridgehead atoms. The van der Waals surface area contributed by atoms with Gasteiger partial charge in [-0.25, -0.2) is 4.79 Å². The minimum atomic E-state index is -0.438. The van der Waals surface area contributed by atoms with Crippen molar-refractivity contribution in [1.29, 1.82) is 0 Å². The van der Waals surface area contributed by atoms with E-state index in [1.165, 1.54) is 5.56 Å². The zero-order valence-electron chi connectivity index (χ0n) is 11.7. The van der Waals surface area contributed by atoms with E-state index in [2.05, 4.69) is 24.4 Å². The predicted octanol–water partition coefficient (Wildman–Crippen LogP) is 3.39. The molecule has 1 aromatic carbocycles. The van der Waals surface area contributed by atoms with Crippen LogP contribution in [-0.2, 0) is 11.2 Å². The molecule has 18 heavy (non-hydrogen) atoms. The molecule has 1 amide bonds. The number of nitrogens with one attached hydrogen (secondary N) is 1. The van der Waals surface area contributed by atoms with Crippen molar-refractivity contribution in [3.05, 3.63) is 35.9 Å². The maximum Gasteiger partial charge on any atom is 0.407 e. The van der Waals surface area contributed by atoms with Crippen molar-refractivity contribution in [3.8, 4) is 0 Å². The van der Waals surface area contributed by atoms with Crippen LogP contribution < -0.4 is 5.32 Å². The molecule has 1 rings (SSSR count). The van der Waals surface area contributed by atoms with Gasteiger partial charge in [-0.05, 0) is 38.7 Å². The van der Waals surface area contributed by atoms with Gasteiger partial charge in [0, 0.05) is 6.54 Å². The Morgan fingerprint density at radius 2 is 1.89 bits per heavy atom. The number of benzene rings is 1. The minimum Gasteiger partial charge on any atom is -0.444 e. The Morgan fingerprint density at radius 1 is 1.28 bits per heavy atom. The molecule has 0 spiro atoms. The molecule has 0 saturated heterocycles. The lowest BCUT2D eigenvalue weighted by Gasteiger charge is -2.20. The first-order chi connectivity index (χ1) is 8.37. The smallest absolute Gasteiger partial charge is 0.407 e. The van der Waals surface area contributed by atoms with Gasteiger partial charge in [0.1, 0.15) is 5.60 Å². The van der Waals surface area contributed by atoms with Gasteiger partial charge >= 0.3 is 6.09 Å². The Labute approximate surface area is 110 Å². The van der Waals surface area contributed by atoms with Gasteiger partial charge in [-0.15, -0.1) is 0 Å². The lowest BCUT2D eigenvalue weighted by Crippen LogP contribution is -2.35. The third-order valence-electron chi connectivity index (χ3n) is 2.42. The molecule has 0 heterocycles. The van der Waals surface area contributed by atoms with E-state index < -0.39 is 5.60 Å². The fourth-order valence-corrected chi connectivity index (χ4v) is 1.66. The predicted molar refractivity (Wildman–Crippen MR) is 73.5 cm³/mol. The van der Waals surface area contributed by atoms with Crippen LogP contribution in [0.5, 0.6) is 0 Å². The first-order valence-electron chi connectivity index (χ1n) is 6.37. The summed E-state index contributed by atoms with van der Waals surface area (Å²) in [5, 5.41) is 2.80. The van der Waals surface area contributed by atoms with E-state index in [0.29, 0.717) is 12.5 Å². The number of carbonyl (C=O) groups excluding carboxylic acids is 1. The number of ether oxygens (including phenoxy) is 1. The molecular formula is C15H23NO2. The molecule has 0 radical (unpaired) electrons. The topological polar surface area (TPSA) is 38.3 Å². The second-order valence-electron chi connectivity index (χ2n) is 5.68. The van der Waals surface area contributed by atoms with Gasteiger partial charge in [-0.1, -0.05) is 37.3 Å². The van der Waals surface area contributed by atoms with Gasteiger partial charge in [0.15, 0.2) is 0 Å². The highest BCUT2D eigenvalue weighted by atomic mass is 16.6. The summed E-state index contributed by atoms with van der Waals surface area (Å²) in [6.45, 7) is 8.33. The summed E-state index contributed by atoms with van der Waals surface area (Å²) >= 11 is 0. The summed E-state index contributed by atoms with van der Waals surface area (Å²) in [7, 11) is 0. The number of hydrogen-bond donors (Lipinski definition) is 1. The number of carbonyl (C=O) groups is 1. The Morgan fingerprint density at radius 3 is 2.44 bits per heavy atom. The van der Waals surface area contributed by atoms with Crippen molar-refractivity contribution >= 4 is 6.09 Å². The Bertz CT molecular complexity index is 368. The average molecular weight is 249 g/mol. The van der Waals surface area contributed by atoms with Gasteiger partial charge in [-0.2, -0.15) is 0 Å². The van der Waals surface area contributed by atoms with Crippen LogP contribution in [0.3, 0.4) is 0 Å². The summed E-state index contributed by atoms with van der Waals surface area (Å²) in [6.07, 6.45) is 0.610. The molecule has 3 nitrogen and oxygen atoms in total. The van der Waals surface area contributed by atoms with Crippen LogP contribution in [0.2, 0.25) is 0 Å². The summed E-state index contributed by atoms with van der Waals surface area (Å²) in [5.41, 5.74) is 0.850. The Hall–Kier alpha value is -1.51. The summed E-state index contributed by atoms with van der Waals surface area (Å²) in [6, 6.07) is 10.3.